The van der Waals surface area contributed by atoms with Crippen LogP contribution in [0.1, 0.15) is 16.8 Å². The molecule has 2 aromatic heterocycles. The molecule has 0 bridgehead atoms. The number of pyridine rings is 1. The molecule has 6 heteroatoms. The first kappa shape index (κ1) is 15.2. The lowest BCUT2D eigenvalue weighted by atomic mass is 10.1. The number of hydrogen-bond donors (Lipinski definition) is 2. The van der Waals surface area contributed by atoms with Crippen LogP contribution >= 0.6 is 0 Å². The molecule has 0 aliphatic heterocycles. The van der Waals surface area contributed by atoms with Crippen LogP contribution in [0.15, 0.2) is 48.8 Å². The molecule has 3 rings (SSSR count). The Balaban J connectivity index is 1.97. The molecule has 3 aromatic rings. The Bertz CT molecular complexity index is 942. The van der Waals surface area contributed by atoms with E-state index >= 15 is 0 Å². The summed E-state index contributed by atoms with van der Waals surface area (Å²) in [4.78, 5) is 12.8. The smallest absolute Gasteiger partial charge is 0.151 e. The first-order valence-electron chi connectivity index (χ1n) is 7.12. The number of nitrogens with two attached hydrogens (primary N) is 1. The van der Waals surface area contributed by atoms with E-state index in [0.717, 1.165) is 5.56 Å². The van der Waals surface area contributed by atoms with E-state index in [1.807, 2.05) is 6.08 Å². The van der Waals surface area contributed by atoms with Crippen molar-refractivity contribution in [2.75, 3.05) is 5.73 Å². The number of aromatic nitrogens is 3. The van der Waals surface area contributed by atoms with Gasteiger partial charge in [-0.25, -0.2) is 9.97 Å². The molecule has 3 N–H and O–H groups in total. The van der Waals surface area contributed by atoms with Crippen molar-refractivity contribution in [2.45, 2.75) is 0 Å². The lowest BCUT2D eigenvalue weighted by molar-refractivity contribution is 0.475. The Kier molecular flexibility index (Phi) is 4.17. The number of aromatic hydroxyl groups is 1. The van der Waals surface area contributed by atoms with Gasteiger partial charge < -0.3 is 10.8 Å². The van der Waals surface area contributed by atoms with Crippen molar-refractivity contribution in [1.29, 1.82) is 5.26 Å². The van der Waals surface area contributed by atoms with Crippen LogP contribution in [0.25, 0.3) is 23.5 Å². The Morgan fingerprint density at radius 2 is 1.83 bits per heavy atom. The SMILES string of the molecule is N#Cc1cccnc1-c1nc(C=Cc2ccc(O)cc2)cnc1N. The molecule has 0 saturated heterocycles. The van der Waals surface area contributed by atoms with E-state index in [2.05, 4.69) is 21.0 Å². The highest BCUT2D eigenvalue weighted by Gasteiger charge is 2.12. The van der Waals surface area contributed by atoms with Crippen molar-refractivity contribution in [3.05, 3.63) is 65.6 Å². The summed E-state index contributed by atoms with van der Waals surface area (Å²) in [5, 5.41) is 18.5. The maximum absolute atomic E-state index is 9.29. The zero-order valence-corrected chi connectivity index (χ0v) is 12.6. The second-order valence-electron chi connectivity index (χ2n) is 4.96. The minimum Gasteiger partial charge on any atom is -0.508 e. The average Bonchev–Trinajstić information content (AvgIpc) is 2.62. The number of rotatable bonds is 3. The standard InChI is InChI=1S/C18H13N5O/c19-10-13-2-1-9-21-16(13)17-18(20)22-11-14(23-17)6-3-12-4-7-15(24)8-5-12/h1-9,11,24H,(H2,20,22). The molecule has 0 radical (unpaired) electrons. The molecule has 0 amide bonds. The number of anilines is 1. The molecule has 1 aromatic carbocycles. The fourth-order valence-corrected chi connectivity index (χ4v) is 2.12. The Labute approximate surface area is 138 Å². The number of nitrogens with zero attached hydrogens (tertiary/aromatic N) is 4. The monoisotopic (exact) mass is 315 g/mol. The third kappa shape index (κ3) is 3.20. The van der Waals surface area contributed by atoms with Gasteiger partial charge in [-0.15, -0.1) is 0 Å². The number of phenols is 1. The lowest BCUT2D eigenvalue weighted by Crippen LogP contribution is -2.01. The van der Waals surface area contributed by atoms with Gasteiger partial charge in [-0.05, 0) is 35.9 Å². The van der Waals surface area contributed by atoms with Crippen LogP contribution < -0.4 is 5.73 Å². The van der Waals surface area contributed by atoms with E-state index in [-0.39, 0.29) is 11.6 Å². The number of phenolic OH excluding ortho intramolecular Hbond substituents is 1. The van der Waals surface area contributed by atoms with Crippen molar-refractivity contribution in [1.82, 2.24) is 15.0 Å². The normalized spacial score (nSPS) is 10.6. The molecule has 0 unspecified atom stereocenters. The topological polar surface area (TPSA) is 109 Å². The van der Waals surface area contributed by atoms with Gasteiger partial charge in [0.05, 0.1) is 17.5 Å². The molecule has 0 spiro atoms. The lowest BCUT2D eigenvalue weighted by Gasteiger charge is -2.05. The van der Waals surface area contributed by atoms with E-state index in [4.69, 9.17) is 5.73 Å². The quantitative estimate of drug-likeness (QED) is 0.769. The summed E-state index contributed by atoms with van der Waals surface area (Å²) in [5.41, 5.74) is 8.55. The summed E-state index contributed by atoms with van der Waals surface area (Å²) in [6.07, 6.45) is 6.74. The van der Waals surface area contributed by atoms with Crippen molar-refractivity contribution in [3.63, 3.8) is 0 Å². The summed E-state index contributed by atoms with van der Waals surface area (Å²) in [5.74, 6) is 0.424. The third-order valence-electron chi connectivity index (χ3n) is 3.31. The largest absolute Gasteiger partial charge is 0.508 e. The van der Waals surface area contributed by atoms with E-state index in [1.165, 1.54) is 0 Å². The average molecular weight is 315 g/mol. The summed E-state index contributed by atoms with van der Waals surface area (Å²) >= 11 is 0. The Hall–Kier alpha value is -3.72. The minimum absolute atomic E-state index is 0.209. The molecule has 0 atom stereocenters. The maximum atomic E-state index is 9.29. The highest BCUT2D eigenvalue weighted by Crippen LogP contribution is 2.23. The summed E-state index contributed by atoms with van der Waals surface area (Å²) in [7, 11) is 0. The van der Waals surface area contributed by atoms with E-state index in [9.17, 15) is 10.4 Å². The van der Waals surface area contributed by atoms with Crippen LogP contribution in [0.4, 0.5) is 5.82 Å². The van der Waals surface area contributed by atoms with Gasteiger partial charge in [0.15, 0.2) is 5.82 Å². The highest BCUT2D eigenvalue weighted by molar-refractivity contribution is 5.74. The Morgan fingerprint density at radius 3 is 2.58 bits per heavy atom. The summed E-state index contributed by atoms with van der Waals surface area (Å²) < 4.78 is 0. The molecular weight excluding hydrogens is 302 g/mol. The first-order valence-corrected chi connectivity index (χ1v) is 7.12. The number of hydrogen-bond acceptors (Lipinski definition) is 6. The van der Waals surface area contributed by atoms with Crippen molar-refractivity contribution in [2.24, 2.45) is 0 Å². The molecule has 116 valence electrons. The van der Waals surface area contributed by atoms with Crippen molar-refractivity contribution < 1.29 is 5.11 Å². The Morgan fingerprint density at radius 1 is 1.04 bits per heavy atom. The van der Waals surface area contributed by atoms with Gasteiger partial charge in [-0.3, -0.25) is 4.98 Å². The molecule has 2 heterocycles. The van der Waals surface area contributed by atoms with Gasteiger partial charge in [0, 0.05) is 6.20 Å². The van der Waals surface area contributed by atoms with Crippen LogP contribution in [0.3, 0.4) is 0 Å². The molecule has 0 aliphatic rings. The van der Waals surface area contributed by atoms with Crippen LogP contribution in [0.5, 0.6) is 5.75 Å². The van der Waals surface area contributed by atoms with Gasteiger partial charge >= 0.3 is 0 Å². The summed E-state index contributed by atoms with van der Waals surface area (Å²) in [6, 6.07) is 12.2. The summed E-state index contributed by atoms with van der Waals surface area (Å²) in [6.45, 7) is 0. The number of benzene rings is 1. The predicted molar refractivity (Wildman–Crippen MR) is 91.4 cm³/mol. The van der Waals surface area contributed by atoms with Crippen LogP contribution in [0, 0.1) is 11.3 Å². The second kappa shape index (κ2) is 6.58. The van der Waals surface area contributed by atoms with Crippen LogP contribution in [-0.4, -0.2) is 20.1 Å². The third-order valence-corrected chi connectivity index (χ3v) is 3.31. The fraction of sp³-hybridized carbons (Fsp3) is 0. The van der Waals surface area contributed by atoms with E-state index in [0.29, 0.717) is 22.6 Å². The van der Waals surface area contributed by atoms with Gasteiger partial charge in [0.2, 0.25) is 0 Å². The molecule has 24 heavy (non-hydrogen) atoms. The molecular formula is C18H13N5O. The fourth-order valence-electron chi connectivity index (χ4n) is 2.12. The van der Waals surface area contributed by atoms with Gasteiger partial charge in [-0.1, -0.05) is 18.2 Å². The van der Waals surface area contributed by atoms with Crippen molar-refractivity contribution in [3.8, 4) is 23.2 Å². The van der Waals surface area contributed by atoms with E-state index in [1.54, 1.807) is 54.9 Å². The van der Waals surface area contributed by atoms with Gasteiger partial charge in [0.25, 0.3) is 0 Å². The van der Waals surface area contributed by atoms with Crippen LogP contribution in [-0.2, 0) is 0 Å². The zero-order valence-electron chi connectivity index (χ0n) is 12.6. The molecule has 0 fully saturated rings. The zero-order chi connectivity index (χ0) is 16.9. The maximum Gasteiger partial charge on any atom is 0.151 e. The van der Waals surface area contributed by atoms with Crippen LogP contribution in [0.2, 0.25) is 0 Å². The second-order valence-corrected chi connectivity index (χ2v) is 4.96. The molecule has 0 aliphatic carbocycles. The molecule has 0 saturated carbocycles. The van der Waals surface area contributed by atoms with Gasteiger partial charge in [-0.2, -0.15) is 5.26 Å². The van der Waals surface area contributed by atoms with E-state index < -0.39 is 0 Å². The number of nitriles is 1. The predicted octanol–water partition coefficient (Wildman–Crippen LogP) is 2.87. The first-order chi connectivity index (χ1) is 11.7. The number of nitrogen functional groups attached to an aromatic ring is 1. The van der Waals surface area contributed by atoms with Gasteiger partial charge in [0.1, 0.15) is 23.2 Å². The van der Waals surface area contributed by atoms with Crippen molar-refractivity contribution >= 4 is 18.0 Å². The highest BCUT2D eigenvalue weighted by atomic mass is 16.3. The minimum atomic E-state index is 0.209. The molecule has 6 nitrogen and oxygen atoms in total.